The van der Waals surface area contributed by atoms with Crippen LogP contribution in [-0.2, 0) is 0 Å². The van der Waals surface area contributed by atoms with Crippen LogP contribution in [0.3, 0.4) is 0 Å². The van der Waals surface area contributed by atoms with Crippen LogP contribution in [0, 0.1) is 0 Å². The summed E-state index contributed by atoms with van der Waals surface area (Å²) in [6, 6.07) is 16.7. The molecule has 2 nitrogen and oxygen atoms in total. The van der Waals surface area contributed by atoms with Crippen molar-refractivity contribution in [3.63, 3.8) is 0 Å². The molecule has 0 spiro atoms. The Kier molecular flexibility index (Phi) is 4.16. The average molecular weight is 307 g/mol. The molecule has 3 rings (SSSR count). The van der Waals surface area contributed by atoms with Crippen molar-refractivity contribution >= 4 is 28.9 Å². The second kappa shape index (κ2) is 6.04. The predicted molar refractivity (Wildman–Crippen MR) is 85.9 cm³/mol. The first-order valence-corrected chi connectivity index (χ1v) is 7.48. The summed E-state index contributed by atoms with van der Waals surface area (Å²) in [6.45, 7) is 2.87. The lowest BCUT2D eigenvalue weighted by atomic mass is 10.0. The highest BCUT2D eigenvalue weighted by Gasteiger charge is 2.24. The van der Waals surface area contributed by atoms with Crippen molar-refractivity contribution < 1.29 is 0 Å². The highest BCUT2D eigenvalue weighted by atomic mass is 35.5. The summed E-state index contributed by atoms with van der Waals surface area (Å²) >= 11 is 12.2. The van der Waals surface area contributed by atoms with Gasteiger partial charge >= 0.3 is 0 Å². The summed E-state index contributed by atoms with van der Waals surface area (Å²) in [7, 11) is 0. The summed E-state index contributed by atoms with van der Waals surface area (Å²) in [5.74, 6) is 0. The monoisotopic (exact) mass is 306 g/mol. The topological polar surface area (TPSA) is 15.3 Å². The van der Waals surface area contributed by atoms with Crippen molar-refractivity contribution in [3.05, 3.63) is 64.1 Å². The van der Waals surface area contributed by atoms with Crippen LogP contribution in [0.5, 0.6) is 0 Å². The third-order valence-electron chi connectivity index (χ3n) is 3.66. The van der Waals surface area contributed by atoms with Gasteiger partial charge in [-0.15, -0.1) is 0 Å². The predicted octanol–water partition coefficient (Wildman–Crippen LogP) is 4.14. The number of anilines is 1. The first-order valence-electron chi connectivity index (χ1n) is 6.73. The summed E-state index contributed by atoms with van der Waals surface area (Å²) < 4.78 is 0. The van der Waals surface area contributed by atoms with E-state index >= 15 is 0 Å². The lowest BCUT2D eigenvalue weighted by molar-refractivity contribution is 0.490. The maximum Gasteiger partial charge on any atom is 0.0667 e. The van der Waals surface area contributed by atoms with Gasteiger partial charge in [-0.2, -0.15) is 0 Å². The van der Waals surface area contributed by atoms with Crippen LogP contribution in [0.1, 0.15) is 11.6 Å². The Morgan fingerprint density at radius 3 is 2.55 bits per heavy atom. The molecule has 1 saturated heterocycles. The third-order valence-corrected chi connectivity index (χ3v) is 4.40. The van der Waals surface area contributed by atoms with Gasteiger partial charge in [-0.25, -0.2) is 0 Å². The van der Waals surface area contributed by atoms with Crippen LogP contribution in [0.2, 0.25) is 10.0 Å². The minimum Gasteiger partial charge on any atom is -0.362 e. The Labute approximate surface area is 129 Å². The first-order chi connectivity index (χ1) is 9.75. The Balaban J connectivity index is 1.94. The number of halogens is 2. The largest absolute Gasteiger partial charge is 0.362 e. The number of piperazine rings is 1. The minimum atomic E-state index is 0.321. The van der Waals surface area contributed by atoms with E-state index in [1.807, 2.05) is 24.3 Å². The van der Waals surface area contributed by atoms with Crippen molar-refractivity contribution in [3.8, 4) is 0 Å². The normalized spacial score (nSPS) is 19.1. The molecule has 2 aromatic carbocycles. The van der Waals surface area contributed by atoms with E-state index in [1.165, 1.54) is 5.56 Å². The quantitative estimate of drug-likeness (QED) is 0.897. The smallest absolute Gasteiger partial charge is 0.0667 e. The van der Waals surface area contributed by atoms with Crippen molar-refractivity contribution in [2.75, 3.05) is 24.5 Å². The van der Waals surface area contributed by atoms with E-state index in [0.29, 0.717) is 16.1 Å². The van der Waals surface area contributed by atoms with Gasteiger partial charge < -0.3 is 10.2 Å². The Morgan fingerprint density at radius 1 is 1.00 bits per heavy atom. The highest BCUT2D eigenvalue weighted by Crippen LogP contribution is 2.32. The zero-order valence-electron chi connectivity index (χ0n) is 11.0. The molecule has 1 aliphatic heterocycles. The molecule has 20 heavy (non-hydrogen) atoms. The average Bonchev–Trinajstić information content (AvgIpc) is 2.51. The fraction of sp³-hybridized carbons (Fsp3) is 0.250. The molecule has 2 aromatic rings. The minimum absolute atomic E-state index is 0.321. The Hall–Kier alpha value is -1.22. The molecule has 104 valence electrons. The summed E-state index contributed by atoms with van der Waals surface area (Å²) in [6.07, 6.45) is 0. The van der Waals surface area contributed by atoms with E-state index in [2.05, 4.69) is 34.5 Å². The third kappa shape index (κ3) is 2.78. The van der Waals surface area contributed by atoms with Crippen LogP contribution in [0.4, 0.5) is 5.69 Å². The van der Waals surface area contributed by atoms with Gasteiger partial charge in [-0.05, 0) is 23.8 Å². The Bertz CT molecular complexity index is 586. The lowest BCUT2D eigenvalue weighted by Crippen LogP contribution is -2.46. The Morgan fingerprint density at radius 2 is 1.80 bits per heavy atom. The van der Waals surface area contributed by atoms with Gasteiger partial charge in [0.25, 0.3) is 0 Å². The molecule has 1 atom stereocenters. The molecule has 0 saturated carbocycles. The molecule has 1 heterocycles. The van der Waals surface area contributed by atoms with Gasteiger partial charge in [-0.3, -0.25) is 0 Å². The van der Waals surface area contributed by atoms with E-state index in [1.54, 1.807) is 0 Å². The van der Waals surface area contributed by atoms with E-state index in [9.17, 15) is 0 Å². The number of rotatable bonds is 2. The molecule has 4 heteroatoms. The summed E-state index contributed by atoms with van der Waals surface area (Å²) in [5.41, 5.74) is 2.43. The van der Waals surface area contributed by atoms with Crippen molar-refractivity contribution in [1.29, 1.82) is 0 Å². The van der Waals surface area contributed by atoms with Crippen LogP contribution >= 0.6 is 23.2 Å². The SMILES string of the molecule is Clc1ccc(N2CCNCC2c2ccccc2)cc1Cl. The second-order valence-electron chi connectivity index (χ2n) is 4.92. The number of nitrogens with zero attached hydrogens (tertiary/aromatic N) is 1. The van der Waals surface area contributed by atoms with E-state index < -0.39 is 0 Å². The van der Waals surface area contributed by atoms with Gasteiger partial charge in [0.05, 0.1) is 16.1 Å². The molecule has 0 bridgehead atoms. The van der Waals surface area contributed by atoms with Crippen molar-refractivity contribution in [2.45, 2.75) is 6.04 Å². The molecule has 1 fully saturated rings. The molecule has 1 N–H and O–H groups in total. The standard InChI is InChI=1S/C16H16Cl2N2/c17-14-7-6-13(10-15(14)18)20-9-8-19-11-16(20)12-4-2-1-3-5-12/h1-7,10,16,19H,8-9,11H2. The van der Waals surface area contributed by atoms with E-state index in [4.69, 9.17) is 23.2 Å². The van der Waals surface area contributed by atoms with Crippen LogP contribution in [-0.4, -0.2) is 19.6 Å². The number of hydrogen-bond donors (Lipinski definition) is 1. The van der Waals surface area contributed by atoms with Crippen molar-refractivity contribution in [2.24, 2.45) is 0 Å². The zero-order valence-corrected chi connectivity index (χ0v) is 12.5. The first kappa shape index (κ1) is 13.7. The molecule has 0 radical (unpaired) electrons. The van der Waals surface area contributed by atoms with Crippen molar-refractivity contribution in [1.82, 2.24) is 5.32 Å². The van der Waals surface area contributed by atoms with Gasteiger partial charge in [0.1, 0.15) is 0 Å². The fourth-order valence-corrected chi connectivity index (χ4v) is 2.94. The molecule has 0 aliphatic carbocycles. The van der Waals surface area contributed by atoms with Gasteiger partial charge in [0.2, 0.25) is 0 Å². The van der Waals surface area contributed by atoms with Gasteiger partial charge in [-0.1, -0.05) is 53.5 Å². The van der Waals surface area contributed by atoms with Crippen LogP contribution < -0.4 is 10.2 Å². The summed E-state index contributed by atoms with van der Waals surface area (Å²) in [5, 5.41) is 4.66. The molecule has 0 amide bonds. The van der Waals surface area contributed by atoms with Gasteiger partial charge in [0, 0.05) is 25.3 Å². The summed E-state index contributed by atoms with van der Waals surface area (Å²) in [4.78, 5) is 2.38. The molecule has 0 aromatic heterocycles. The number of hydrogen-bond acceptors (Lipinski definition) is 2. The maximum atomic E-state index is 6.15. The number of benzene rings is 2. The zero-order chi connectivity index (χ0) is 13.9. The highest BCUT2D eigenvalue weighted by molar-refractivity contribution is 6.42. The van der Waals surface area contributed by atoms with Crippen LogP contribution in [0.25, 0.3) is 0 Å². The fourth-order valence-electron chi connectivity index (χ4n) is 2.65. The maximum absolute atomic E-state index is 6.15. The van der Waals surface area contributed by atoms with E-state index in [0.717, 1.165) is 25.3 Å². The molecule has 1 unspecified atom stereocenters. The second-order valence-corrected chi connectivity index (χ2v) is 5.74. The lowest BCUT2D eigenvalue weighted by Gasteiger charge is -2.38. The molecule has 1 aliphatic rings. The van der Waals surface area contributed by atoms with Crippen LogP contribution in [0.15, 0.2) is 48.5 Å². The van der Waals surface area contributed by atoms with Gasteiger partial charge in [0.15, 0.2) is 0 Å². The molecular weight excluding hydrogens is 291 g/mol. The molecular formula is C16H16Cl2N2. The van der Waals surface area contributed by atoms with E-state index in [-0.39, 0.29) is 0 Å². The number of nitrogens with one attached hydrogen (secondary N) is 1.